The van der Waals surface area contributed by atoms with Gasteiger partial charge in [0.1, 0.15) is 18.2 Å². The molecule has 1 aliphatic carbocycles. The molecule has 7 heteroatoms. The zero-order chi connectivity index (χ0) is 25.6. The summed E-state index contributed by atoms with van der Waals surface area (Å²) < 4.78 is 5.61. The standard InChI is InChI=1S/C28H36N2O5/c1-5-28(6-2,26(32)33)30-25(31)24(16-15-18(3)4)29-27(34)35-17-23-21-13-9-7-11-19(21)20-12-8-10-14-22(20)23/h7-14,18,23-24H,5-6,15-17H2,1-4H3,(H,29,34)(H,30,31)(H,32,33). The highest BCUT2D eigenvalue weighted by Crippen LogP contribution is 2.44. The van der Waals surface area contributed by atoms with Crippen molar-refractivity contribution in [2.24, 2.45) is 5.92 Å². The van der Waals surface area contributed by atoms with Gasteiger partial charge in [-0.25, -0.2) is 9.59 Å². The molecule has 3 rings (SSSR count). The summed E-state index contributed by atoms with van der Waals surface area (Å²) >= 11 is 0. The second-order valence-corrected chi connectivity index (χ2v) is 9.58. The van der Waals surface area contributed by atoms with E-state index < -0.39 is 29.6 Å². The Balaban J connectivity index is 1.70. The molecular formula is C28H36N2O5. The third-order valence-electron chi connectivity index (χ3n) is 6.96. The summed E-state index contributed by atoms with van der Waals surface area (Å²) in [6.07, 6.45) is 0.875. The molecule has 0 saturated heterocycles. The highest BCUT2D eigenvalue weighted by Gasteiger charge is 2.38. The van der Waals surface area contributed by atoms with Gasteiger partial charge in [-0.1, -0.05) is 76.2 Å². The molecule has 0 radical (unpaired) electrons. The summed E-state index contributed by atoms with van der Waals surface area (Å²) in [5, 5.41) is 15.1. The van der Waals surface area contributed by atoms with E-state index in [0.29, 0.717) is 18.8 Å². The van der Waals surface area contributed by atoms with E-state index in [4.69, 9.17) is 4.74 Å². The number of alkyl carbamates (subject to hydrolysis) is 1. The lowest BCUT2D eigenvalue weighted by Crippen LogP contribution is -2.59. The molecule has 0 heterocycles. The van der Waals surface area contributed by atoms with Crippen molar-refractivity contribution in [1.29, 1.82) is 0 Å². The summed E-state index contributed by atoms with van der Waals surface area (Å²) in [6.45, 7) is 7.64. The average Bonchev–Trinajstić information content (AvgIpc) is 3.17. The maximum atomic E-state index is 13.1. The zero-order valence-corrected chi connectivity index (χ0v) is 21.0. The molecule has 2 aromatic carbocycles. The van der Waals surface area contributed by atoms with Crippen LogP contribution in [0.5, 0.6) is 0 Å². The fourth-order valence-electron chi connectivity index (χ4n) is 4.66. The van der Waals surface area contributed by atoms with E-state index in [1.54, 1.807) is 13.8 Å². The number of ether oxygens (including phenoxy) is 1. The topological polar surface area (TPSA) is 105 Å². The van der Waals surface area contributed by atoms with Crippen LogP contribution in [-0.4, -0.2) is 41.3 Å². The molecular weight excluding hydrogens is 444 g/mol. The van der Waals surface area contributed by atoms with Crippen molar-refractivity contribution in [2.75, 3.05) is 6.61 Å². The highest BCUT2D eigenvalue weighted by atomic mass is 16.5. The van der Waals surface area contributed by atoms with Crippen LogP contribution >= 0.6 is 0 Å². The smallest absolute Gasteiger partial charge is 0.407 e. The van der Waals surface area contributed by atoms with Gasteiger partial charge in [0, 0.05) is 5.92 Å². The number of carbonyl (C=O) groups is 3. The van der Waals surface area contributed by atoms with Crippen LogP contribution in [0, 0.1) is 5.92 Å². The van der Waals surface area contributed by atoms with Crippen LogP contribution < -0.4 is 10.6 Å². The van der Waals surface area contributed by atoms with E-state index in [1.165, 1.54) is 0 Å². The number of benzene rings is 2. The number of aliphatic carboxylic acids is 1. The van der Waals surface area contributed by atoms with Crippen molar-refractivity contribution < 1.29 is 24.2 Å². The Kier molecular flexibility index (Phi) is 8.54. The lowest BCUT2D eigenvalue weighted by Gasteiger charge is -2.30. The van der Waals surface area contributed by atoms with E-state index >= 15 is 0 Å². The van der Waals surface area contributed by atoms with Gasteiger partial charge in [-0.15, -0.1) is 0 Å². The second-order valence-electron chi connectivity index (χ2n) is 9.58. The average molecular weight is 481 g/mol. The van der Waals surface area contributed by atoms with Crippen molar-refractivity contribution in [2.45, 2.75) is 70.9 Å². The minimum absolute atomic E-state index is 0.0871. The Bertz CT molecular complexity index is 1020. The molecule has 0 saturated carbocycles. The van der Waals surface area contributed by atoms with Gasteiger partial charge in [0.25, 0.3) is 0 Å². The lowest BCUT2D eigenvalue weighted by atomic mass is 9.92. The van der Waals surface area contributed by atoms with E-state index in [9.17, 15) is 19.5 Å². The number of hydrogen-bond donors (Lipinski definition) is 3. The first-order valence-electron chi connectivity index (χ1n) is 12.4. The third-order valence-corrected chi connectivity index (χ3v) is 6.96. The molecule has 2 aromatic rings. The van der Waals surface area contributed by atoms with Crippen molar-refractivity contribution in [3.05, 3.63) is 59.7 Å². The molecule has 7 nitrogen and oxygen atoms in total. The summed E-state index contributed by atoms with van der Waals surface area (Å²) in [5.74, 6) is -1.36. The molecule has 1 aliphatic rings. The molecule has 1 atom stereocenters. The van der Waals surface area contributed by atoms with E-state index in [2.05, 4.69) is 22.8 Å². The maximum absolute atomic E-state index is 13.1. The molecule has 1 unspecified atom stereocenters. The number of hydrogen-bond acceptors (Lipinski definition) is 4. The Hall–Kier alpha value is -3.35. The second kappa shape index (κ2) is 11.4. The fourth-order valence-corrected chi connectivity index (χ4v) is 4.66. The number of nitrogens with one attached hydrogen (secondary N) is 2. The number of rotatable bonds is 11. The van der Waals surface area contributed by atoms with Gasteiger partial charge < -0.3 is 20.5 Å². The van der Waals surface area contributed by atoms with Crippen LogP contribution in [-0.2, 0) is 14.3 Å². The summed E-state index contributed by atoms with van der Waals surface area (Å²) in [4.78, 5) is 37.7. The van der Waals surface area contributed by atoms with Gasteiger partial charge in [0.05, 0.1) is 0 Å². The van der Waals surface area contributed by atoms with Gasteiger partial charge in [-0.05, 0) is 53.9 Å². The van der Waals surface area contributed by atoms with Crippen molar-refractivity contribution in [1.82, 2.24) is 10.6 Å². The van der Waals surface area contributed by atoms with Crippen LogP contribution in [0.1, 0.15) is 70.4 Å². The Morgan fingerprint density at radius 3 is 1.97 bits per heavy atom. The van der Waals surface area contributed by atoms with Crippen LogP contribution in [0.25, 0.3) is 11.1 Å². The Labute approximate surface area is 207 Å². The molecule has 0 aliphatic heterocycles. The summed E-state index contributed by atoms with van der Waals surface area (Å²) in [7, 11) is 0. The summed E-state index contributed by atoms with van der Waals surface area (Å²) in [5.41, 5.74) is 3.11. The van der Waals surface area contributed by atoms with Crippen LogP contribution in [0.15, 0.2) is 48.5 Å². The molecule has 0 aromatic heterocycles. The largest absolute Gasteiger partial charge is 0.480 e. The quantitative estimate of drug-likeness (QED) is 0.416. The van der Waals surface area contributed by atoms with E-state index in [-0.39, 0.29) is 25.4 Å². The van der Waals surface area contributed by atoms with Gasteiger partial charge in [0.15, 0.2) is 0 Å². The third kappa shape index (κ3) is 5.84. The van der Waals surface area contributed by atoms with Gasteiger partial charge >= 0.3 is 12.1 Å². The first-order valence-corrected chi connectivity index (χ1v) is 12.4. The molecule has 0 fully saturated rings. The number of fused-ring (bicyclic) bond motifs is 3. The Morgan fingerprint density at radius 1 is 0.943 bits per heavy atom. The molecule has 0 bridgehead atoms. The monoisotopic (exact) mass is 480 g/mol. The van der Waals surface area contributed by atoms with Crippen molar-refractivity contribution in [3.63, 3.8) is 0 Å². The predicted octanol–water partition coefficient (Wildman–Crippen LogP) is 5.09. The number of carboxylic acids is 1. The number of carbonyl (C=O) groups excluding carboxylic acids is 2. The molecule has 2 amide bonds. The zero-order valence-electron chi connectivity index (χ0n) is 21.0. The summed E-state index contributed by atoms with van der Waals surface area (Å²) in [6, 6.07) is 15.3. The molecule has 3 N–H and O–H groups in total. The normalized spacial score (nSPS) is 13.6. The number of amides is 2. The fraction of sp³-hybridized carbons (Fsp3) is 0.464. The van der Waals surface area contributed by atoms with Crippen molar-refractivity contribution >= 4 is 18.0 Å². The molecule has 35 heavy (non-hydrogen) atoms. The Morgan fingerprint density at radius 2 is 1.49 bits per heavy atom. The minimum Gasteiger partial charge on any atom is -0.480 e. The molecule has 0 spiro atoms. The van der Waals surface area contributed by atoms with Gasteiger partial charge in [-0.3, -0.25) is 4.79 Å². The van der Waals surface area contributed by atoms with E-state index in [1.807, 2.05) is 50.2 Å². The minimum atomic E-state index is -1.37. The number of carboxylic acid groups (broad SMARTS) is 1. The van der Waals surface area contributed by atoms with Crippen LogP contribution in [0.4, 0.5) is 4.79 Å². The first kappa shape index (κ1) is 26.3. The van der Waals surface area contributed by atoms with Crippen molar-refractivity contribution in [3.8, 4) is 11.1 Å². The maximum Gasteiger partial charge on any atom is 0.407 e. The van der Waals surface area contributed by atoms with Crippen LogP contribution in [0.2, 0.25) is 0 Å². The predicted molar refractivity (Wildman–Crippen MR) is 135 cm³/mol. The first-order chi connectivity index (χ1) is 16.7. The van der Waals surface area contributed by atoms with Crippen LogP contribution in [0.3, 0.4) is 0 Å². The molecule has 188 valence electrons. The highest BCUT2D eigenvalue weighted by molar-refractivity contribution is 5.91. The van der Waals surface area contributed by atoms with E-state index in [0.717, 1.165) is 22.3 Å². The van der Waals surface area contributed by atoms with Gasteiger partial charge in [-0.2, -0.15) is 0 Å². The lowest BCUT2D eigenvalue weighted by molar-refractivity contribution is -0.148. The SMILES string of the molecule is CCC(CC)(NC(=O)C(CCC(C)C)NC(=O)OCC1c2ccccc2-c2ccccc21)C(=O)O. The van der Waals surface area contributed by atoms with Gasteiger partial charge in [0.2, 0.25) is 5.91 Å².